The summed E-state index contributed by atoms with van der Waals surface area (Å²) in [5.41, 5.74) is 9.77. The van der Waals surface area contributed by atoms with E-state index in [1.165, 1.54) is 23.6 Å². The van der Waals surface area contributed by atoms with Crippen molar-refractivity contribution in [2.24, 2.45) is 5.41 Å². The maximum absolute atomic E-state index is 2.55. The van der Waals surface area contributed by atoms with E-state index in [9.17, 15) is 0 Å². The van der Waals surface area contributed by atoms with Crippen molar-refractivity contribution in [1.29, 1.82) is 0 Å². The van der Waals surface area contributed by atoms with Crippen LogP contribution in [0.25, 0.3) is 0 Å². The predicted molar refractivity (Wildman–Crippen MR) is 145 cm³/mol. The molecular formula is C27H48Si2Ti. The molecule has 2 rings (SSSR count). The first-order chi connectivity index (χ1) is 11.8. The van der Waals surface area contributed by atoms with E-state index in [1.54, 1.807) is 32.6 Å². The smallest absolute Gasteiger partial charge is 0.358 e. The molecule has 0 aliphatic rings. The molecule has 0 unspecified atom stereocenters. The fourth-order valence-corrected chi connectivity index (χ4v) is 7.53. The van der Waals surface area contributed by atoms with Crippen LogP contribution in [0.3, 0.4) is 0 Å². The van der Waals surface area contributed by atoms with Crippen LogP contribution in [-0.2, 0) is 34.2 Å². The molecule has 168 valence electrons. The molecule has 2 aromatic carbocycles. The topological polar surface area (TPSA) is 0 Å². The molecular weight excluding hydrogens is 428 g/mol. The first kappa shape index (κ1) is 34.3. The van der Waals surface area contributed by atoms with Gasteiger partial charge >= 0.3 is 21.7 Å². The molecule has 0 heterocycles. The second kappa shape index (κ2) is 12.7. The van der Waals surface area contributed by atoms with Crippen molar-refractivity contribution < 1.29 is 21.7 Å². The predicted octanol–water partition coefficient (Wildman–Crippen LogP) is 6.12. The Hall–Kier alpha value is -0.282. The zero-order chi connectivity index (χ0) is 19.9. The van der Waals surface area contributed by atoms with Crippen LogP contribution in [0.5, 0.6) is 0 Å². The minimum atomic E-state index is -1.24. The minimum absolute atomic E-state index is 0. The average Bonchev–Trinajstić information content (AvgIpc) is 2.67. The van der Waals surface area contributed by atoms with E-state index in [-0.39, 0.29) is 53.5 Å². The third kappa shape index (κ3) is 8.69. The van der Waals surface area contributed by atoms with Crippen molar-refractivity contribution in [1.82, 2.24) is 0 Å². The fourth-order valence-electron chi connectivity index (χ4n) is 4.00. The number of rotatable bonds is 5. The summed E-state index contributed by atoms with van der Waals surface area (Å²) in [7, 11) is -1.53. The zero-order valence-electron chi connectivity index (χ0n) is 22.4. The molecule has 0 aliphatic carbocycles. The van der Waals surface area contributed by atoms with Crippen LogP contribution in [0, 0.1) is 55.4 Å². The largest absolute Gasteiger partial charge is 4.00 e. The van der Waals surface area contributed by atoms with Crippen molar-refractivity contribution in [3.63, 3.8) is 0 Å². The van der Waals surface area contributed by atoms with Gasteiger partial charge in [-0.3, -0.25) is 0 Å². The Morgan fingerprint density at radius 3 is 1.87 bits per heavy atom. The molecule has 0 fully saturated rings. The van der Waals surface area contributed by atoms with Crippen LogP contribution < -0.4 is 10.4 Å². The van der Waals surface area contributed by atoms with Gasteiger partial charge in [-0.25, -0.2) is 0 Å². The molecule has 0 spiro atoms. The third-order valence-corrected chi connectivity index (χ3v) is 9.52. The van der Waals surface area contributed by atoms with E-state index < -0.39 is 8.07 Å². The molecule has 0 saturated heterocycles. The van der Waals surface area contributed by atoms with Gasteiger partial charge < -0.3 is 22.3 Å². The minimum Gasteiger partial charge on any atom is -0.358 e. The van der Waals surface area contributed by atoms with Crippen molar-refractivity contribution >= 4 is 28.0 Å². The Balaban J connectivity index is -0.00000182. The first-order valence-corrected chi connectivity index (χ1v) is 15.4. The van der Waals surface area contributed by atoms with E-state index in [0.717, 1.165) is 0 Å². The van der Waals surface area contributed by atoms with Gasteiger partial charge in [0.25, 0.3) is 0 Å². The maximum Gasteiger partial charge on any atom is 4.00 e. The summed E-state index contributed by atoms with van der Waals surface area (Å²) in [4.78, 5) is 0. The molecule has 0 nitrogen and oxygen atoms in total. The standard InChI is InChI=1S/C24H39Si2.3CH3.Ti/c1-16-11-20(13-21(12-16)26(8,9)10)25-15-23-19(4)17(2)18(3)22(23)14-24(5,6)7;;;;/h11-13H,14-15,25H2,1-10H3;3*1H3;/q4*-1;+4. The summed E-state index contributed by atoms with van der Waals surface area (Å²) in [6.07, 6.45) is 1.20. The molecule has 0 saturated carbocycles. The quantitative estimate of drug-likeness (QED) is 0.360. The molecule has 2 aromatic rings. The molecule has 0 bridgehead atoms. The van der Waals surface area contributed by atoms with E-state index in [0.29, 0.717) is 5.41 Å². The molecule has 0 atom stereocenters. The number of hydrogen-bond donors (Lipinski definition) is 0. The van der Waals surface area contributed by atoms with E-state index in [4.69, 9.17) is 0 Å². The monoisotopic (exact) mass is 476 g/mol. The second-order valence-corrected chi connectivity index (χ2v) is 17.4. The van der Waals surface area contributed by atoms with Gasteiger partial charge in [0.15, 0.2) is 0 Å². The van der Waals surface area contributed by atoms with Crippen molar-refractivity contribution in [2.75, 3.05) is 0 Å². The number of hydrogen-bond acceptors (Lipinski definition) is 0. The first-order valence-electron chi connectivity index (χ1n) is 10.1. The average molecular weight is 477 g/mol. The van der Waals surface area contributed by atoms with Crippen LogP contribution in [0.1, 0.15) is 54.2 Å². The SMILES string of the molecule is Cc1cc([SiH2]C[c-]2c(C)c(C)c(C)c2CC(C)(C)C)cc([Si](C)(C)C)c1.[CH3-].[CH3-].[CH3-].[Ti+4]. The normalized spacial score (nSPS) is 11.4. The van der Waals surface area contributed by atoms with E-state index in [2.05, 4.69) is 86.3 Å². The molecule has 3 heteroatoms. The Labute approximate surface area is 208 Å². The summed E-state index contributed by atoms with van der Waals surface area (Å²) in [6, 6.07) is 8.74. The van der Waals surface area contributed by atoms with Gasteiger partial charge in [0.05, 0.1) is 8.07 Å². The van der Waals surface area contributed by atoms with Gasteiger partial charge in [-0.1, -0.05) is 101 Å². The van der Waals surface area contributed by atoms with Crippen molar-refractivity contribution in [2.45, 2.75) is 80.6 Å². The van der Waals surface area contributed by atoms with Crippen LogP contribution in [-0.4, -0.2) is 17.6 Å². The Bertz CT molecular complexity index is 787. The summed E-state index contributed by atoms with van der Waals surface area (Å²) >= 11 is 0. The van der Waals surface area contributed by atoms with Crippen LogP contribution in [0.4, 0.5) is 0 Å². The van der Waals surface area contributed by atoms with E-state index in [1.807, 2.05) is 0 Å². The molecule has 0 N–H and O–H groups in total. The Kier molecular flexibility index (Phi) is 14.5. The Morgan fingerprint density at radius 1 is 0.867 bits per heavy atom. The van der Waals surface area contributed by atoms with Gasteiger partial charge in [0, 0.05) is 9.52 Å². The third-order valence-electron chi connectivity index (χ3n) is 5.77. The molecule has 0 radical (unpaired) electrons. The fraction of sp³-hybridized carbons (Fsp3) is 0.481. The van der Waals surface area contributed by atoms with Crippen LogP contribution in [0.15, 0.2) is 18.2 Å². The summed E-state index contributed by atoms with van der Waals surface area (Å²) in [5, 5.41) is 3.28. The second-order valence-electron chi connectivity index (χ2n) is 10.5. The molecule has 0 amide bonds. The molecule has 0 aliphatic heterocycles. The van der Waals surface area contributed by atoms with Crippen molar-refractivity contribution in [3.8, 4) is 0 Å². The summed E-state index contributed by atoms with van der Waals surface area (Å²) < 4.78 is 0. The van der Waals surface area contributed by atoms with Crippen LogP contribution in [0.2, 0.25) is 19.6 Å². The zero-order valence-corrected chi connectivity index (χ0v) is 26.3. The summed E-state index contributed by atoms with van der Waals surface area (Å²) in [5.74, 6) is 0. The maximum atomic E-state index is 2.55. The van der Waals surface area contributed by atoms with Gasteiger partial charge in [0.2, 0.25) is 0 Å². The number of aryl methyl sites for hydroxylation is 1. The number of benzene rings is 1. The van der Waals surface area contributed by atoms with Crippen LogP contribution >= 0.6 is 0 Å². The van der Waals surface area contributed by atoms with Gasteiger partial charge in [-0.2, -0.15) is 27.8 Å². The van der Waals surface area contributed by atoms with Gasteiger partial charge in [-0.05, 0) is 18.8 Å². The summed E-state index contributed by atoms with van der Waals surface area (Å²) in [6.45, 7) is 23.8. The Morgan fingerprint density at radius 2 is 1.40 bits per heavy atom. The van der Waals surface area contributed by atoms with Gasteiger partial charge in [-0.15, -0.1) is 0 Å². The molecule has 0 aromatic heterocycles. The molecule has 30 heavy (non-hydrogen) atoms. The van der Waals surface area contributed by atoms with Gasteiger partial charge in [0.1, 0.15) is 0 Å². The van der Waals surface area contributed by atoms with Crippen molar-refractivity contribution in [3.05, 3.63) is 73.9 Å². The van der Waals surface area contributed by atoms with E-state index >= 15 is 0 Å².